The number of rotatable bonds is 5. The summed E-state index contributed by atoms with van der Waals surface area (Å²) in [6.07, 6.45) is 3.46. The van der Waals surface area contributed by atoms with Crippen LogP contribution in [0.1, 0.15) is 36.7 Å². The van der Waals surface area contributed by atoms with Gasteiger partial charge in [0.2, 0.25) is 5.91 Å². The highest BCUT2D eigenvalue weighted by Gasteiger charge is 2.49. The standard InChI is InChI=1S/C18H19ClF2N4O/c19-14-3-1-2-13(6-14)7-16(26)25-10-18(20,21)8-15(25)17-23-22-11-24(17)9-12-4-5-12/h1-3,6,11-12,15H,4-5,7-10H2/t15-/m0/s1. The van der Waals surface area contributed by atoms with Gasteiger partial charge in [-0.15, -0.1) is 10.2 Å². The van der Waals surface area contributed by atoms with Crippen LogP contribution < -0.4 is 0 Å². The minimum atomic E-state index is -2.93. The van der Waals surface area contributed by atoms with E-state index in [1.807, 2.05) is 4.57 Å². The fraction of sp³-hybridized carbons (Fsp3) is 0.500. The highest BCUT2D eigenvalue weighted by atomic mass is 35.5. The quantitative estimate of drug-likeness (QED) is 0.797. The molecule has 2 fully saturated rings. The molecule has 8 heteroatoms. The van der Waals surface area contributed by atoms with E-state index in [1.54, 1.807) is 30.6 Å². The first-order valence-electron chi connectivity index (χ1n) is 8.71. The van der Waals surface area contributed by atoms with Gasteiger partial charge in [0.1, 0.15) is 6.33 Å². The van der Waals surface area contributed by atoms with Crippen molar-refractivity contribution < 1.29 is 13.6 Å². The van der Waals surface area contributed by atoms with Gasteiger partial charge in [0.15, 0.2) is 5.82 Å². The number of aromatic nitrogens is 3. The molecule has 0 spiro atoms. The van der Waals surface area contributed by atoms with Crippen LogP contribution in [-0.2, 0) is 17.8 Å². The molecule has 1 saturated heterocycles. The second kappa shape index (κ2) is 6.61. The molecule has 0 N–H and O–H groups in total. The first kappa shape index (κ1) is 17.4. The van der Waals surface area contributed by atoms with Crippen LogP contribution in [0.5, 0.6) is 0 Å². The Morgan fingerprint density at radius 1 is 1.35 bits per heavy atom. The molecule has 26 heavy (non-hydrogen) atoms. The molecule has 0 bridgehead atoms. The Bertz CT molecular complexity index is 821. The SMILES string of the molecule is O=C(Cc1cccc(Cl)c1)N1CC(F)(F)C[C@H]1c1nncn1CC1CC1. The van der Waals surface area contributed by atoms with Crippen molar-refractivity contribution in [1.82, 2.24) is 19.7 Å². The van der Waals surface area contributed by atoms with Gasteiger partial charge in [0.25, 0.3) is 5.92 Å². The second-order valence-corrected chi connectivity index (χ2v) is 7.63. The van der Waals surface area contributed by atoms with E-state index in [1.165, 1.54) is 4.90 Å². The third-order valence-electron chi connectivity index (χ3n) is 4.93. The van der Waals surface area contributed by atoms with E-state index in [2.05, 4.69) is 10.2 Å². The summed E-state index contributed by atoms with van der Waals surface area (Å²) in [6, 6.07) is 6.15. The molecule has 1 atom stereocenters. The minimum absolute atomic E-state index is 0.0316. The van der Waals surface area contributed by atoms with E-state index in [9.17, 15) is 13.6 Å². The normalized spacial score (nSPS) is 22.0. The first-order valence-corrected chi connectivity index (χ1v) is 9.08. The minimum Gasteiger partial charge on any atom is -0.326 e. The molecule has 4 rings (SSSR count). The molecule has 2 aliphatic rings. The molecule has 2 aromatic rings. The third kappa shape index (κ3) is 3.72. The smallest absolute Gasteiger partial charge is 0.267 e. The number of amides is 1. The molecule has 1 aromatic carbocycles. The lowest BCUT2D eigenvalue weighted by Gasteiger charge is -2.24. The molecule has 0 radical (unpaired) electrons. The molecule has 0 unspecified atom stereocenters. The lowest BCUT2D eigenvalue weighted by molar-refractivity contribution is -0.132. The van der Waals surface area contributed by atoms with E-state index in [-0.39, 0.29) is 12.3 Å². The fourth-order valence-corrected chi connectivity index (χ4v) is 3.69. The molecular formula is C18H19ClF2N4O. The van der Waals surface area contributed by atoms with E-state index in [4.69, 9.17) is 11.6 Å². The molecule has 1 aromatic heterocycles. The number of halogens is 3. The Morgan fingerprint density at radius 3 is 2.88 bits per heavy atom. The van der Waals surface area contributed by atoms with Crippen LogP contribution in [0.4, 0.5) is 8.78 Å². The Morgan fingerprint density at radius 2 is 2.15 bits per heavy atom. The molecule has 1 aliphatic heterocycles. The van der Waals surface area contributed by atoms with Crippen molar-refractivity contribution in [3.05, 3.63) is 47.0 Å². The number of benzene rings is 1. The van der Waals surface area contributed by atoms with Gasteiger partial charge in [-0.3, -0.25) is 4.79 Å². The largest absolute Gasteiger partial charge is 0.326 e. The van der Waals surface area contributed by atoms with Crippen LogP contribution >= 0.6 is 11.6 Å². The van der Waals surface area contributed by atoms with Crippen LogP contribution in [0, 0.1) is 5.92 Å². The topological polar surface area (TPSA) is 51.0 Å². The zero-order chi connectivity index (χ0) is 18.3. The predicted molar refractivity (Wildman–Crippen MR) is 91.9 cm³/mol. The first-order chi connectivity index (χ1) is 12.4. The lowest BCUT2D eigenvalue weighted by Crippen LogP contribution is -2.35. The molecule has 1 amide bonds. The average Bonchev–Trinajstić information content (AvgIpc) is 3.15. The zero-order valence-corrected chi connectivity index (χ0v) is 14.9. The second-order valence-electron chi connectivity index (χ2n) is 7.19. The van der Waals surface area contributed by atoms with Gasteiger partial charge < -0.3 is 9.47 Å². The maximum Gasteiger partial charge on any atom is 0.267 e. The van der Waals surface area contributed by atoms with E-state index < -0.39 is 24.9 Å². The van der Waals surface area contributed by atoms with Gasteiger partial charge in [-0.25, -0.2) is 8.78 Å². The van der Waals surface area contributed by atoms with Gasteiger partial charge in [-0.2, -0.15) is 0 Å². The van der Waals surface area contributed by atoms with Crippen molar-refractivity contribution in [2.75, 3.05) is 6.54 Å². The summed E-state index contributed by atoms with van der Waals surface area (Å²) < 4.78 is 30.1. The van der Waals surface area contributed by atoms with Crippen molar-refractivity contribution in [2.24, 2.45) is 5.92 Å². The van der Waals surface area contributed by atoms with E-state index in [0.29, 0.717) is 22.3 Å². The molecule has 2 heterocycles. The summed E-state index contributed by atoms with van der Waals surface area (Å²) in [7, 11) is 0. The fourth-order valence-electron chi connectivity index (χ4n) is 3.47. The highest BCUT2D eigenvalue weighted by molar-refractivity contribution is 6.30. The van der Waals surface area contributed by atoms with Crippen LogP contribution in [0.25, 0.3) is 0 Å². The summed E-state index contributed by atoms with van der Waals surface area (Å²) in [4.78, 5) is 14.0. The van der Waals surface area contributed by atoms with Gasteiger partial charge in [0, 0.05) is 18.0 Å². The Labute approximate surface area is 155 Å². The molecule has 138 valence electrons. The molecule has 1 saturated carbocycles. The lowest BCUT2D eigenvalue weighted by atomic mass is 10.1. The maximum atomic E-state index is 14.1. The van der Waals surface area contributed by atoms with E-state index >= 15 is 0 Å². The zero-order valence-electron chi connectivity index (χ0n) is 14.1. The van der Waals surface area contributed by atoms with Crippen molar-refractivity contribution in [1.29, 1.82) is 0 Å². The number of hydrogen-bond acceptors (Lipinski definition) is 3. The molecular weight excluding hydrogens is 362 g/mol. The number of nitrogens with zero attached hydrogens (tertiary/aromatic N) is 4. The summed E-state index contributed by atoms with van der Waals surface area (Å²) >= 11 is 5.95. The van der Waals surface area contributed by atoms with Crippen LogP contribution in [-0.4, -0.2) is 38.0 Å². The van der Waals surface area contributed by atoms with Crippen molar-refractivity contribution in [3.63, 3.8) is 0 Å². The number of carbonyl (C=O) groups excluding carboxylic acids is 1. The molecule has 5 nitrogen and oxygen atoms in total. The van der Waals surface area contributed by atoms with Crippen molar-refractivity contribution >= 4 is 17.5 Å². The number of likely N-dealkylation sites (tertiary alicyclic amines) is 1. The summed E-state index contributed by atoms with van der Waals surface area (Å²) in [5.74, 6) is -2.27. The van der Waals surface area contributed by atoms with Crippen LogP contribution in [0.2, 0.25) is 5.02 Å². The van der Waals surface area contributed by atoms with Gasteiger partial charge in [-0.1, -0.05) is 23.7 Å². The maximum absolute atomic E-state index is 14.1. The summed E-state index contributed by atoms with van der Waals surface area (Å²) in [5, 5.41) is 8.48. The van der Waals surface area contributed by atoms with E-state index in [0.717, 1.165) is 19.4 Å². The Kier molecular flexibility index (Phi) is 4.42. The van der Waals surface area contributed by atoms with Crippen molar-refractivity contribution in [2.45, 2.75) is 44.2 Å². The molecule has 1 aliphatic carbocycles. The van der Waals surface area contributed by atoms with Crippen LogP contribution in [0.3, 0.4) is 0 Å². The van der Waals surface area contributed by atoms with Crippen LogP contribution in [0.15, 0.2) is 30.6 Å². The Hall–Kier alpha value is -2.02. The van der Waals surface area contributed by atoms with Gasteiger partial charge in [0.05, 0.1) is 19.0 Å². The summed E-state index contributed by atoms with van der Waals surface area (Å²) in [5.41, 5.74) is 0.705. The van der Waals surface area contributed by atoms with Gasteiger partial charge in [-0.05, 0) is 36.5 Å². The summed E-state index contributed by atoms with van der Waals surface area (Å²) in [6.45, 7) is 0.133. The number of carbonyl (C=O) groups is 1. The van der Waals surface area contributed by atoms with Crippen molar-refractivity contribution in [3.8, 4) is 0 Å². The monoisotopic (exact) mass is 380 g/mol. The number of alkyl halides is 2. The average molecular weight is 381 g/mol. The number of hydrogen-bond donors (Lipinski definition) is 0. The highest BCUT2D eigenvalue weighted by Crippen LogP contribution is 2.41. The predicted octanol–water partition coefficient (Wildman–Crippen LogP) is 3.49. The third-order valence-corrected chi connectivity index (χ3v) is 5.17. The van der Waals surface area contributed by atoms with Gasteiger partial charge >= 0.3 is 0 Å². The Balaban J connectivity index is 1.56.